The molecule has 3 heterocycles. The Morgan fingerprint density at radius 3 is 3.10 bits per heavy atom. The minimum absolute atomic E-state index is 0.636. The number of fused-ring (bicyclic) bond motifs is 1. The quantitative estimate of drug-likeness (QED) is 0.895. The molecule has 0 spiro atoms. The highest BCUT2D eigenvalue weighted by Gasteiger charge is 2.21. The summed E-state index contributed by atoms with van der Waals surface area (Å²) in [4.78, 5) is 0. The largest absolute Gasteiger partial charge is 0.361 e. The van der Waals surface area contributed by atoms with E-state index in [0.717, 1.165) is 55.6 Å². The van der Waals surface area contributed by atoms with Crippen LogP contribution in [-0.4, -0.2) is 26.5 Å². The van der Waals surface area contributed by atoms with E-state index in [9.17, 15) is 0 Å². The third-order valence-electron chi connectivity index (χ3n) is 3.85. The first-order valence-corrected chi connectivity index (χ1v) is 7.30. The summed E-state index contributed by atoms with van der Waals surface area (Å²) in [5.41, 5.74) is 0.970. The van der Waals surface area contributed by atoms with E-state index >= 15 is 0 Å². The van der Waals surface area contributed by atoms with Gasteiger partial charge in [-0.25, -0.2) is 0 Å². The lowest BCUT2D eigenvalue weighted by Gasteiger charge is -2.24. The predicted molar refractivity (Wildman–Crippen MR) is 74.2 cm³/mol. The summed E-state index contributed by atoms with van der Waals surface area (Å²) < 4.78 is 7.35. The first-order chi connectivity index (χ1) is 9.76. The van der Waals surface area contributed by atoms with E-state index in [1.165, 1.54) is 6.42 Å². The second kappa shape index (κ2) is 5.75. The highest BCUT2D eigenvalue weighted by atomic mass is 16.5. The Kier molecular flexibility index (Phi) is 3.82. The van der Waals surface area contributed by atoms with Gasteiger partial charge in [0.15, 0.2) is 0 Å². The Morgan fingerprint density at radius 2 is 2.35 bits per heavy atom. The Balaban J connectivity index is 1.52. The van der Waals surface area contributed by atoms with Crippen LogP contribution in [0.3, 0.4) is 0 Å². The van der Waals surface area contributed by atoms with Gasteiger partial charge in [0, 0.05) is 38.5 Å². The van der Waals surface area contributed by atoms with Crippen LogP contribution in [0.25, 0.3) is 0 Å². The molecule has 0 aliphatic carbocycles. The van der Waals surface area contributed by atoms with Crippen LogP contribution in [0.4, 0.5) is 0 Å². The molecule has 20 heavy (non-hydrogen) atoms. The van der Waals surface area contributed by atoms with Crippen molar-refractivity contribution < 1.29 is 4.52 Å². The van der Waals surface area contributed by atoms with Crippen molar-refractivity contribution in [1.29, 1.82) is 0 Å². The van der Waals surface area contributed by atoms with Gasteiger partial charge in [0.1, 0.15) is 17.4 Å². The standard InChI is InChI=1S/C14H21N5O/c1-3-13-16-17-14-5-4-11(9-19(13)14)7-15-8-12-6-10(2)20-18-12/h6,11,15H,3-5,7-9H2,1-2H3/t11-/m0/s1. The number of nitrogens with zero attached hydrogens (tertiary/aromatic N) is 4. The average molecular weight is 275 g/mol. The van der Waals surface area contributed by atoms with Crippen molar-refractivity contribution in [2.24, 2.45) is 5.92 Å². The number of nitrogens with one attached hydrogen (secondary N) is 1. The van der Waals surface area contributed by atoms with Gasteiger partial charge in [-0.1, -0.05) is 12.1 Å². The maximum atomic E-state index is 5.06. The van der Waals surface area contributed by atoms with Crippen molar-refractivity contribution in [2.45, 2.75) is 46.2 Å². The van der Waals surface area contributed by atoms with E-state index in [1.807, 2.05) is 13.0 Å². The molecule has 1 aliphatic rings. The first kappa shape index (κ1) is 13.3. The highest BCUT2D eigenvalue weighted by Crippen LogP contribution is 2.19. The van der Waals surface area contributed by atoms with Gasteiger partial charge < -0.3 is 14.4 Å². The summed E-state index contributed by atoms with van der Waals surface area (Å²) in [6.45, 7) is 6.83. The molecule has 0 radical (unpaired) electrons. The van der Waals surface area contributed by atoms with Gasteiger partial charge in [-0.15, -0.1) is 10.2 Å². The lowest BCUT2D eigenvalue weighted by Crippen LogP contribution is -2.30. The molecule has 3 rings (SSSR count). The highest BCUT2D eigenvalue weighted by molar-refractivity contribution is 5.03. The maximum absolute atomic E-state index is 5.06. The van der Waals surface area contributed by atoms with Gasteiger partial charge in [-0.3, -0.25) is 0 Å². The van der Waals surface area contributed by atoms with Gasteiger partial charge in [0.2, 0.25) is 0 Å². The van der Waals surface area contributed by atoms with E-state index < -0.39 is 0 Å². The Morgan fingerprint density at radius 1 is 1.45 bits per heavy atom. The normalized spacial score (nSPS) is 18.2. The number of aryl methyl sites for hydroxylation is 3. The summed E-state index contributed by atoms with van der Waals surface area (Å²) in [5.74, 6) is 3.75. The van der Waals surface area contributed by atoms with Gasteiger partial charge in [0.05, 0.1) is 5.69 Å². The molecule has 0 saturated heterocycles. The van der Waals surface area contributed by atoms with E-state index in [-0.39, 0.29) is 0 Å². The molecule has 0 amide bonds. The molecule has 0 fully saturated rings. The smallest absolute Gasteiger partial charge is 0.133 e. The molecule has 2 aromatic rings. The monoisotopic (exact) mass is 275 g/mol. The molecule has 0 saturated carbocycles. The molecule has 0 bridgehead atoms. The van der Waals surface area contributed by atoms with Crippen molar-refractivity contribution in [2.75, 3.05) is 6.54 Å². The van der Waals surface area contributed by atoms with Crippen LogP contribution in [0.15, 0.2) is 10.6 Å². The fourth-order valence-corrected chi connectivity index (χ4v) is 2.78. The van der Waals surface area contributed by atoms with E-state index in [1.54, 1.807) is 0 Å². The van der Waals surface area contributed by atoms with E-state index in [0.29, 0.717) is 5.92 Å². The fraction of sp³-hybridized carbons (Fsp3) is 0.643. The van der Waals surface area contributed by atoms with E-state index in [4.69, 9.17) is 4.52 Å². The molecular weight excluding hydrogens is 254 g/mol. The topological polar surface area (TPSA) is 68.8 Å². The fourth-order valence-electron chi connectivity index (χ4n) is 2.78. The Hall–Kier alpha value is -1.69. The molecule has 0 unspecified atom stereocenters. The molecule has 108 valence electrons. The Bertz CT molecular complexity index is 560. The van der Waals surface area contributed by atoms with Crippen molar-refractivity contribution in [3.8, 4) is 0 Å². The van der Waals surface area contributed by atoms with Gasteiger partial charge in [-0.05, 0) is 19.3 Å². The SMILES string of the molecule is CCc1nnc2n1C[C@H](CNCc1cc(C)on1)CC2. The Labute approximate surface area is 118 Å². The van der Waals surface area contributed by atoms with Crippen LogP contribution in [-0.2, 0) is 25.9 Å². The zero-order valence-corrected chi connectivity index (χ0v) is 12.1. The van der Waals surface area contributed by atoms with Crippen molar-refractivity contribution in [3.63, 3.8) is 0 Å². The zero-order valence-electron chi connectivity index (χ0n) is 12.1. The molecular formula is C14H21N5O. The summed E-state index contributed by atoms with van der Waals surface area (Å²) in [6.07, 6.45) is 3.15. The molecule has 6 nitrogen and oxygen atoms in total. The van der Waals surface area contributed by atoms with Crippen LogP contribution in [0.5, 0.6) is 0 Å². The summed E-state index contributed by atoms with van der Waals surface area (Å²) in [7, 11) is 0. The summed E-state index contributed by atoms with van der Waals surface area (Å²) >= 11 is 0. The molecule has 1 N–H and O–H groups in total. The number of aromatic nitrogens is 4. The number of rotatable bonds is 5. The van der Waals surface area contributed by atoms with Crippen LogP contribution in [0.1, 0.15) is 36.4 Å². The summed E-state index contributed by atoms with van der Waals surface area (Å²) in [6, 6.07) is 1.97. The molecule has 2 aromatic heterocycles. The average Bonchev–Trinajstić information content (AvgIpc) is 3.04. The number of hydrogen-bond acceptors (Lipinski definition) is 5. The van der Waals surface area contributed by atoms with Crippen LogP contribution in [0, 0.1) is 12.8 Å². The lowest BCUT2D eigenvalue weighted by molar-refractivity contribution is 0.339. The van der Waals surface area contributed by atoms with Crippen molar-refractivity contribution in [3.05, 3.63) is 29.2 Å². The second-order valence-corrected chi connectivity index (χ2v) is 5.46. The third kappa shape index (κ3) is 2.75. The number of hydrogen-bond donors (Lipinski definition) is 1. The van der Waals surface area contributed by atoms with Crippen LogP contribution >= 0.6 is 0 Å². The van der Waals surface area contributed by atoms with Gasteiger partial charge in [-0.2, -0.15) is 0 Å². The molecule has 1 aliphatic heterocycles. The second-order valence-electron chi connectivity index (χ2n) is 5.46. The maximum Gasteiger partial charge on any atom is 0.133 e. The lowest BCUT2D eigenvalue weighted by atomic mass is 9.99. The predicted octanol–water partition coefficient (Wildman–Crippen LogP) is 1.49. The first-order valence-electron chi connectivity index (χ1n) is 7.30. The van der Waals surface area contributed by atoms with E-state index in [2.05, 4.69) is 32.2 Å². The molecule has 6 heteroatoms. The minimum Gasteiger partial charge on any atom is -0.361 e. The minimum atomic E-state index is 0.636. The van der Waals surface area contributed by atoms with Crippen molar-refractivity contribution in [1.82, 2.24) is 25.2 Å². The van der Waals surface area contributed by atoms with Crippen LogP contribution in [0.2, 0.25) is 0 Å². The van der Waals surface area contributed by atoms with Gasteiger partial charge >= 0.3 is 0 Å². The van der Waals surface area contributed by atoms with Crippen molar-refractivity contribution >= 4 is 0 Å². The zero-order chi connectivity index (χ0) is 13.9. The van der Waals surface area contributed by atoms with Gasteiger partial charge in [0.25, 0.3) is 0 Å². The summed E-state index contributed by atoms with van der Waals surface area (Å²) in [5, 5.41) is 16.0. The van der Waals surface area contributed by atoms with Crippen LogP contribution < -0.4 is 5.32 Å². The molecule has 0 aromatic carbocycles. The third-order valence-corrected chi connectivity index (χ3v) is 3.85. The molecule has 1 atom stereocenters.